The molecule has 0 amide bonds. The molecule has 0 aromatic rings. The summed E-state index contributed by atoms with van der Waals surface area (Å²) in [6.45, 7) is 4.24. The Morgan fingerprint density at radius 1 is 0.207 bits per heavy atom. The van der Waals surface area contributed by atoms with E-state index >= 15 is 0 Å². The summed E-state index contributed by atoms with van der Waals surface area (Å²) in [5, 5.41) is 9.74. The first-order chi connectivity index (χ1) is 45.6. The number of hydrogen-bond donors (Lipinski definition) is 1. The minimum atomic E-state index is -0.767. The van der Waals surface area contributed by atoms with Gasteiger partial charge < -0.3 is 14.6 Å². The van der Waals surface area contributed by atoms with Crippen LogP contribution in [0.1, 0.15) is 528 Å². The minimum absolute atomic E-state index is 0.0550. The van der Waals surface area contributed by atoms with Gasteiger partial charge in [-0.05, 0) is 12.8 Å². The van der Waals surface area contributed by atoms with Gasteiger partial charge >= 0.3 is 11.9 Å². The van der Waals surface area contributed by atoms with Gasteiger partial charge in [0.1, 0.15) is 6.61 Å². The largest absolute Gasteiger partial charge is 0.462 e. The molecule has 0 aromatic heterocycles. The highest BCUT2D eigenvalue weighted by Gasteiger charge is 2.16. The third-order valence-electron chi connectivity index (χ3n) is 20.9. The van der Waals surface area contributed by atoms with Gasteiger partial charge in [0, 0.05) is 12.8 Å². The molecule has 92 heavy (non-hydrogen) atoms. The first-order valence-corrected chi connectivity index (χ1v) is 43.6. The Kier molecular flexibility index (Phi) is 83.1. The number of unbranched alkanes of at least 4 members (excludes halogenated alkanes) is 76. The van der Waals surface area contributed by atoms with Crippen molar-refractivity contribution in [2.75, 3.05) is 13.2 Å². The van der Waals surface area contributed by atoms with Gasteiger partial charge in [0.25, 0.3) is 0 Å². The van der Waals surface area contributed by atoms with Crippen molar-refractivity contribution in [3.8, 4) is 0 Å². The number of esters is 2. The number of carbonyl (C=O) groups excluding carboxylic acids is 2. The Balaban J connectivity index is 3.31. The maximum Gasteiger partial charge on any atom is 0.306 e. The molecule has 1 unspecified atom stereocenters. The lowest BCUT2D eigenvalue weighted by atomic mass is 10.0. The number of aliphatic hydroxyl groups excluding tert-OH is 1. The Labute approximate surface area is 579 Å². The van der Waals surface area contributed by atoms with Gasteiger partial charge in [-0.15, -0.1) is 0 Å². The predicted octanol–water partition coefficient (Wildman–Crippen LogP) is 30.7. The Morgan fingerprint density at radius 2 is 0.337 bits per heavy atom. The summed E-state index contributed by atoms with van der Waals surface area (Å²) >= 11 is 0. The molecule has 0 aromatic carbocycles. The summed E-state index contributed by atoms with van der Waals surface area (Å²) in [5.74, 6) is -0.554. The molecule has 0 spiro atoms. The van der Waals surface area contributed by atoms with Crippen LogP contribution < -0.4 is 0 Å². The van der Waals surface area contributed by atoms with Gasteiger partial charge in [-0.1, -0.05) is 502 Å². The van der Waals surface area contributed by atoms with Crippen molar-refractivity contribution in [2.24, 2.45) is 0 Å². The molecular formula is C87H172O5. The predicted molar refractivity (Wildman–Crippen MR) is 409 cm³/mol. The highest BCUT2D eigenvalue weighted by molar-refractivity contribution is 5.70. The standard InChI is InChI=1S/C87H172O5/c1-3-5-7-9-11-13-15-17-19-21-23-25-27-29-31-33-35-37-39-41-42-43-44-46-48-50-52-54-56-58-60-62-64-66-68-70-72-74-76-78-80-82-87(90)92-85(83-88)84-91-86(89)81-79-77-75-73-71-69-67-65-63-61-59-57-55-53-51-49-47-45-40-38-36-34-32-30-28-26-24-22-20-18-16-14-12-10-8-6-4-2/h85,88H,3-84H2,1-2H3. The van der Waals surface area contributed by atoms with Crippen LogP contribution in [0.2, 0.25) is 0 Å². The molecule has 0 fully saturated rings. The van der Waals surface area contributed by atoms with E-state index < -0.39 is 6.10 Å². The second-order valence-electron chi connectivity index (χ2n) is 30.3. The normalized spacial score (nSPS) is 12.0. The minimum Gasteiger partial charge on any atom is -0.462 e. The molecule has 550 valence electrons. The van der Waals surface area contributed by atoms with E-state index in [1.165, 1.54) is 469 Å². The number of aliphatic hydroxyl groups is 1. The molecule has 0 bridgehead atoms. The average Bonchev–Trinajstić information content (AvgIpc) is 3.64. The molecule has 0 aliphatic rings. The zero-order valence-corrected chi connectivity index (χ0v) is 63.6. The lowest BCUT2D eigenvalue weighted by Gasteiger charge is -2.15. The topological polar surface area (TPSA) is 72.8 Å². The van der Waals surface area contributed by atoms with E-state index in [0.717, 1.165) is 32.1 Å². The summed E-state index contributed by atoms with van der Waals surface area (Å²) in [4.78, 5) is 24.7. The van der Waals surface area contributed by atoms with Crippen molar-refractivity contribution in [2.45, 2.75) is 534 Å². The number of rotatable bonds is 84. The lowest BCUT2D eigenvalue weighted by Crippen LogP contribution is -2.28. The van der Waals surface area contributed by atoms with E-state index in [0.29, 0.717) is 12.8 Å². The molecule has 1 atom stereocenters. The van der Waals surface area contributed by atoms with Crippen LogP contribution in [0, 0.1) is 0 Å². The SMILES string of the molecule is CCCCCCCCCCCCCCCCCCCCCCCCCCCCCCCCCCCCCCCCCCCC(=O)OC(CO)COC(=O)CCCCCCCCCCCCCCCCCCCCCCCCCCCCCCCCCCCCCCC. The fourth-order valence-electron chi connectivity index (χ4n) is 14.4. The van der Waals surface area contributed by atoms with Gasteiger partial charge in [-0.25, -0.2) is 0 Å². The van der Waals surface area contributed by atoms with Gasteiger partial charge in [0.15, 0.2) is 6.10 Å². The Morgan fingerprint density at radius 3 is 0.478 bits per heavy atom. The summed E-state index contributed by atoms with van der Waals surface area (Å²) < 4.78 is 10.8. The molecule has 5 heteroatoms. The monoisotopic (exact) mass is 1300 g/mol. The van der Waals surface area contributed by atoms with Crippen LogP contribution in [0.3, 0.4) is 0 Å². The van der Waals surface area contributed by atoms with E-state index in [2.05, 4.69) is 13.8 Å². The molecule has 0 aliphatic carbocycles. The molecule has 0 heterocycles. The van der Waals surface area contributed by atoms with Crippen LogP contribution in [0.5, 0.6) is 0 Å². The second-order valence-corrected chi connectivity index (χ2v) is 30.3. The lowest BCUT2D eigenvalue weighted by molar-refractivity contribution is -0.161. The van der Waals surface area contributed by atoms with Crippen molar-refractivity contribution >= 4 is 11.9 Å². The van der Waals surface area contributed by atoms with Crippen LogP contribution in [-0.2, 0) is 19.1 Å². The number of ether oxygens (including phenoxy) is 2. The van der Waals surface area contributed by atoms with E-state index in [-0.39, 0.29) is 25.2 Å². The summed E-state index contributed by atoms with van der Waals surface area (Å²) in [6.07, 6.45) is 110. The molecular weight excluding hydrogens is 1120 g/mol. The number of hydrogen-bond acceptors (Lipinski definition) is 5. The summed E-state index contributed by atoms with van der Waals surface area (Å²) in [7, 11) is 0. The Bertz CT molecular complexity index is 1330. The van der Waals surface area contributed by atoms with E-state index in [1.54, 1.807) is 0 Å². The smallest absolute Gasteiger partial charge is 0.306 e. The maximum absolute atomic E-state index is 12.4. The molecule has 0 aliphatic heterocycles. The third kappa shape index (κ3) is 81.3. The van der Waals surface area contributed by atoms with Crippen molar-refractivity contribution in [1.82, 2.24) is 0 Å². The molecule has 0 rings (SSSR count). The van der Waals surface area contributed by atoms with Crippen molar-refractivity contribution in [3.63, 3.8) is 0 Å². The highest BCUT2D eigenvalue weighted by Crippen LogP contribution is 2.22. The molecule has 1 N–H and O–H groups in total. The highest BCUT2D eigenvalue weighted by atomic mass is 16.6. The van der Waals surface area contributed by atoms with Crippen LogP contribution in [-0.4, -0.2) is 36.4 Å². The first-order valence-electron chi connectivity index (χ1n) is 43.6. The van der Waals surface area contributed by atoms with Gasteiger partial charge in [-0.3, -0.25) is 9.59 Å². The molecule has 0 radical (unpaired) electrons. The summed E-state index contributed by atoms with van der Waals surface area (Å²) in [6, 6.07) is 0. The fourth-order valence-corrected chi connectivity index (χ4v) is 14.4. The van der Waals surface area contributed by atoms with Gasteiger partial charge in [0.2, 0.25) is 0 Å². The molecule has 0 saturated carbocycles. The van der Waals surface area contributed by atoms with Crippen LogP contribution in [0.4, 0.5) is 0 Å². The van der Waals surface area contributed by atoms with Gasteiger partial charge in [0.05, 0.1) is 6.61 Å². The van der Waals surface area contributed by atoms with E-state index in [9.17, 15) is 14.7 Å². The van der Waals surface area contributed by atoms with Crippen LogP contribution in [0.25, 0.3) is 0 Å². The fraction of sp³-hybridized carbons (Fsp3) is 0.977. The van der Waals surface area contributed by atoms with Crippen LogP contribution in [0.15, 0.2) is 0 Å². The van der Waals surface area contributed by atoms with Crippen LogP contribution >= 0.6 is 0 Å². The van der Waals surface area contributed by atoms with E-state index in [4.69, 9.17) is 9.47 Å². The first kappa shape index (κ1) is 90.9. The zero-order valence-electron chi connectivity index (χ0n) is 63.6. The second kappa shape index (κ2) is 84.1. The average molecular weight is 1300 g/mol. The molecule has 5 nitrogen and oxygen atoms in total. The quantitative estimate of drug-likeness (QED) is 0.0485. The van der Waals surface area contributed by atoms with E-state index in [1.807, 2.05) is 0 Å². The maximum atomic E-state index is 12.4. The zero-order chi connectivity index (χ0) is 66.1. The van der Waals surface area contributed by atoms with Crippen molar-refractivity contribution in [3.05, 3.63) is 0 Å². The number of carbonyl (C=O) groups is 2. The van der Waals surface area contributed by atoms with Crippen molar-refractivity contribution in [1.29, 1.82) is 0 Å². The van der Waals surface area contributed by atoms with Crippen molar-refractivity contribution < 1.29 is 24.2 Å². The third-order valence-corrected chi connectivity index (χ3v) is 20.9. The molecule has 0 saturated heterocycles. The Hall–Kier alpha value is -1.10. The van der Waals surface area contributed by atoms with Gasteiger partial charge in [-0.2, -0.15) is 0 Å². The summed E-state index contributed by atoms with van der Waals surface area (Å²) in [5.41, 5.74) is 0.